The van der Waals surface area contributed by atoms with Crippen LogP contribution < -0.4 is 10.1 Å². The van der Waals surface area contributed by atoms with Crippen LogP contribution >= 0.6 is 15.9 Å². The molecule has 3 rings (SSSR count). The van der Waals surface area contributed by atoms with E-state index in [1.807, 2.05) is 62.4 Å². The van der Waals surface area contributed by atoms with Crippen molar-refractivity contribution in [3.63, 3.8) is 0 Å². The summed E-state index contributed by atoms with van der Waals surface area (Å²) in [4.78, 5) is 13.4. The maximum Gasteiger partial charge on any atom is 0.231 e. The Bertz CT molecular complexity index is 752. The Balaban J connectivity index is 1.79. The van der Waals surface area contributed by atoms with Gasteiger partial charge in [-0.1, -0.05) is 40.2 Å². The van der Waals surface area contributed by atoms with Crippen molar-refractivity contribution < 1.29 is 14.3 Å². The average Bonchev–Trinajstić information content (AvgIpc) is 2.69. The van der Waals surface area contributed by atoms with Gasteiger partial charge in [0.15, 0.2) is 0 Å². The van der Waals surface area contributed by atoms with E-state index in [1.165, 1.54) is 0 Å². The van der Waals surface area contributed by atoms with Gasteiger partial charge in [-0.15, -0.1) is 0 Å². The Hall–Kier alpha value is -1.85. The molecule has 144 valence electrons. The van der Waals surface area contributed by atoms with Crippen LogP contribution in [-0.2, 0) is 14.9 Å². The largest absolute Gasteiger partial charge is 0.494 e. The van der Waals surface area contributed by atoms with Gasteiger partial charge in [0.1, 0.15) is 5.75 Å². The minimum absolute atomic E-state index is 0.0644. The van der Waals surface area contributed by atoms with E-state index in [9.17, 15) is 4.79 Å². The van der Waals surface area contributed by atoms with Gasteiger partial charge >= 0.3 is 0 Å². The highest BCUT2D eigenvalue weighted by Gasteiger charge is 2.42. The molecule has 0 saturated carbocycles. The van der Waals surface area contributed by atoms with Gasteiger partial charge < -0.3 is 14.8 Å². The molecule has 4 nitrogen and oxygen atoms in total. The van der Waals surface area contributed by atoms with Gasteiger partial charge in [-0.2, -0.15) is 0 Å². The van der Waals surface area contributed by atoms with Crippen LogP contribution in [0.15, 0.2) is 53.0 Å². The SMILES string of the molecule is CCOc1ccc(C(C)NC(=O)C2(c3ccc(Br)cc3)CCOCC2)cc1. The lowest BCUT2D eigenvalue weighted by atomic mass is 9.73. The number of ether oxygens (including phenoxy) is 2. The second-order valence-corrected chi connectivity index (χ2v) is 7.81. The molecule has 0 aromatic heterocycles. The van der Waals surface area contributed by atoms with Crippen molar-refractivity contribution in [1.29, 1.82) is 0 Å². The molecule has 1 heterocycles. The molecular weight excluding hydrogens is 406 g/mol. The van der Waals surface area contributed by atoms with Crippen molar-refractivity contribution in [2.45, 2.75) is 38.1 Å². The van der Waals surface area contributed by atoms with Gasteiger partial charge in [0.25, 0.3) is 0 Å². The predicted molar refractivity (Wildman–Crippen MR) is 110 cm³/mol. The molecule has 0 radical (unpaired) electrons. The minimum Gasteiger partial charge on any atom is -0.494 e. The third kappa shape index (κ3) is 4.53. The van der Waals surface area contributed by atoms with Crippen molar-refractivity contribution in [3.8, 4) is 5.75 Å². The lowest BCUT2D eigenvalue weighted by Crippen LogP contribution is -2.48. The highest BCUT2D eigenvalue weighted by atomic mass is 79.9. The standard InChI is InChI=1S/C22H26BrNO3/c1-3-27-20-10-4-17(5-11-20)16(2)24-21(25)22(12-14-26-15-13-22)18-6-8-19(23)9-7-18/h4-11,16H,3,12-15H2,1-2H3,(H,24,25). The summed E-state index contributed by atoms with van der Waals surface area (Å²) in [6.07, 6.45) is 1.38. The zero-order valence-corrected chi connectivity index (χ0v) is 17.4. The van der Waals surface area contributed by atoms with E-state index in [-0.39, 0.29) is 11.9 Å². The number of nitrogens with one attached hydrogen (secondary N) is 1. The van der Waals surface area contributed by atoms with Gasteiger partial charge in [-0.05, 0) is 62.1 Å². The molecule has 0 aliphatic carbocycles. The van der Waals surface area contributed by atoms with Gasteiger partial charge in [0.05, 0.1) is 18.1 Å². The topological polar surface area (TPSA) is 47.6 Å². The number of hydrogen-bond donors (Lipinski definition) is 1. The highest BCUT2D eigenvalue weighted by Crippen LogP contribution is 2.36. The Morgan fingerprint density at radius 2 is 1.78 bits per heavy atom. The minimum atomic E-state index is -0.543. The molecule has 1 aliphatic heterocycles. The van der Waals surface area contributed by atoms with Gasteiger partial charge in [-0.25, -0.2) is 0 Å². The van der Waals surface area contributed by atoms with E-state index < -0.39 is 5.41 Å². The van der Waals surface area contributed by atoms with E-state index in [0.29, 0.717) is 32.7 Å². The van der Waals surface area contributed by atoms with Crippen molar-refractivity contribution in [2.75, 3.05) is 19.8 Å². The number of hydrogen-bond acceptors (Lipinski definition) is 3. The number of benzene rings is 2. The van der Waals surface area contributed by atoms with E-state index in [1.54, 1.807) is 0 Å². The highest BCUT2D eigenvalue weighted by molar-refractivity contribution is 9.10. The molecule has 27 heavy (non-hydrogen) atoms. The van der Waals surface area contributed by atoms with Crippen LogP contribution in [0, 0.1) is 0 Å². The van der Waals surface area contributed by atoms with E-state index in [4.69, 9.17) is 9.47 Å². The van der Waals surface area contributed by atoms with Crippen LogP contribution in [-0.4, -0.2) is 25.7 Å². The van der Waals surface area contributed by atoms with Crippen LogP contribution in [0.2, 0.25) is 0 Å². The fourth-order valence-electron chi connectivity index (χ4n) is 3.57. The number of halogens is 1. The van der Waals surface area contributed by atoms with E-state index in [2.05, 4.69) is 21.2 Å². The monoisotopic (exact) mass is 431 g/mol. The van der Waals surface area contributed by atoms with Gasteiger partial charge in [-0.3, -0.25) is 4.79 Å². The zero-order chi connectivity index (χ0) is 19.3. The van der Waals surface area contributed by atoms with Gasteiger partial charge in [0, 0.05) is 17.7 Å². The van der Waals surface area contributed by atoms with Crippen molar-refractivity contribution >= 4 is 21.8 Å². The van der Waals surface area contributed by atoms with Crippen molar-refractivity contribution in [3.05, 3.63) is 64.1 Å². The van der Waals surface area contributed by atoms with Crippen LogP contribution in [0.5, 0.6) is 5.75 Å². The molecule has 1 saturated heterocycles. The lowest BCUT2D eigenvalue weighted by Gasteiger charge is -2.37. The second-order valence-electron chi connectivity index (χ2n) is 6.90. The average molecular weight is 432 g/mol. The number of rotatable bonds is 6. The summed E-state index contributed by atoms with van der Waals surface area (Å²) in [6.45, 7) is 5.82. The third-order valence-corrected chi connectivity index (χ3v) is 5.75. The molecule has 1 aliphatic rings. The van der Waals surface area contributed by atoms with Crippen LogP contribution in [0.4, 0.5) is 0 Å². The molecule has 1 amide bonds. The Morgan fingerprint density at radius 1 is 1.15 bits per heavy atom. The smallest absolute Gasteiger partial charge is 0.231 e. The maximum atomic E-state index is 13.4. The summed E-state index contributed by atoms with van der Waals surface area (Å²) in [5.74, 6) is 0.907. The first-order chi connectivity index (χ1) is 13.0. The summed E-state index contributed by atoms with van der Waals surface area (Å²) < 4.78 is 12.0. The van der Waals surface area contributed by atoms with Crippen LogP contribution in [0.3, 0.4) is 0 Å². The molecular formula is C22H26BrNO3. The fourth-order valence-corrected chi connectivity index (χ4v) is 3.84. The molecule has 0 spiro atoms. The number of amides is 1. The molecule has 2 aromatic rings. The second kappa shape index (κ2) is 8.89. The molecule has 2 aromatic carbocycles. The molecule has 0 bridgehead atoms. The quantitative estimate of drug-likeness (QED) is 0.715. The van der Waals surface area contributed by atoms with Crippen LogP contribution in [0.25, 0.3) is 0 Å². The Labute approximate surface area is 169 Å². The Morgan fingerprint density at radius 3 is 2.37 bits per heavy atom. The maximum absolute atomic E-state index is 13.4. The van der Waals surface area contributed by atoms with Crippen molar-refractivity contribution in [1.82, 2.24) is 5.32 Å². The summed E-state index contributed by atoms with van der Waals surface area (Å²) in [7, 11) is 0. The number of carbonyl (C=O) groups excluding carboxylic acids is 1. The van der Waals surface area contributed by atoms with E-state index in [0.717, 1.165) is 21.3 Å². The summed E-state index contributed by atoms with van der Waals surface area (Å²) >= 11 is 3.48. The third-order valence-electron chi connectivity index (χ3n) is 5.22. The first-order valence-corrected chi connectivity index (χ1v) is 10.2. The summed E-state index contributed by atoms with van der Waals surface area (Å²) in [6, 6.07) is 15.9. The van der Waals surface area contributed by atoms with Gasteiger partial charge in [0.2, 0.25) is 5.91 Å². The number of carbonyl (C=O) groups is 1. The predicted octanol–water partition coefficient (Wildman–Crippen LogP) is 4.77. The molecule has 5 heteroatoms. The van der Waals surface area contributed by atoms with E-state index >= 15 is 0 Å². The first-order valence-electron chi connectivity index (χ1n) is 9.42. The molecule has 1 unspecified atom stereocenters. The zero-order valence-electron chi connectivity index (χ0n) is 15.8. The lowest BCUT2D eigenvalue weighted by molar-refractivity contribution is -0.131. The fraction of sp³-hybridized carbons (Fsp3) is 0.409. The molecule has 1 fully saturated rings. The summed E-state index contributed by atoms with van der Waals surface area (Å²) in [5.41, 5.74) is 1.56. The molecule has 1 N–H and O–H groups in total. The first kappa shape index (κ1) is 19.9. The summed E-state index contributed by atoms with van der Waals surface area (Å²) in [5, 5.41) is 3.22. The van der Waals surface area contributed by atoms with Crippen LogP contribution in [0.1, 0.15) is 43.9 Å². The molecule has 1 atom stereocenters. The van der Waals surface area contributed by atoms with Crippen molar-refractivity contribution in [2.24, 2.45) is 0 Å². The normalized spacial score (nSPS) is 17.1. The Kier molecular flexibility index (Phi) is 6.55.